The molecule has 0 radical (unpaired) electrons. The first-order valence-corrected chi connectivity index (χ1v) is 9.25. The Kier molecular flexibility index (Phi) is 5.91. The molecule has 0 aromatic carbocycles. The van der Waals surface area contributed by atoms with E-state index in [1.165, 1.54) is 19.3 Å². The smallest absolute Gasteiger partial charge is 0.223 e. The van der Waals surface area contributed by atoms with E-state index >= 15 is 0 Å². The number of carbonyl (C=O) groups is 1. The Balaban J connectivity index is 1.38. The molecule has 0 aromatic rings. The van der Waals surface area contributed by atoms with Crippen LogP contribution < -0.4 is 5.32 Å². The van der Waals surface area contributed by atoms with Crippen molar-refractivity contribution in [2.75, 3.05) is 52.9 Å². The summed E-state index contributed by atoms with van der Waals surface area (Å²) in [6, 6.07) is 1.03. The van der Waals surface area contributed by atoms with Crippen molar-refractivity contribution in [2.24, 2.45) is 0 Å². The van der Waals surface area contributed by atoms with Gasteiger partial charge in [-0.05, 0) is 26.3 Å². The largest absolute Gasteiger partial charge is 0.392 e. The van der Waals surface area contributed by atoms with Crippen molar-refractivity contribution >= 4 is 5.91 Å². The van der Waals surface area contributed by atoms with Crippen LogP contribution in [-0.2, 0) is 4.79 Å². The quantitative estimate of drug-likeness (QED) is 0.729. The average molecular weight is 324 g/mol. The third-order valence-corrected chi connectivity index (χ3v) is 5.74. The minimum atomic E-state index is -0.143. The second kappa shape index (κ2) is 7.92. The molecule has 6 heteroatoms. The van der Waals surface area contributed by atoms with Gasteiger partial charge in [0.15, 0.2) is 0 Å². The number of aliphatic hydroxyl groups excluding tert-OH is 1. The van der Waals surface area contributed by atoms with E-state index in [0.29, 0.717) is 18.5 Å². The summed E-state index contributed by atoms with van der Waals surface area (Å²) in [5.41, 5.74) is 0. The van der Waals surface area contributed by atoms with E-state index in [9.17, 15) is 9.90 Å². The minimum absolute atomic E-state index is 0.143. The number of β-amino-alcohol motifs (C(OH)–C–C–N with tert-alkyl or cyclic N) is 1. The summed E-state index contributed by atoms with van der Waals surface area (Å²) in [5.74, 6) is 0.289. The predicted octanol–water partition coefficient (Wildman–Crippen LogP) is -0.272. The lowest BCUT2D eigenvalue weighted by Crippen LogP contribution is -2.49. The summed E-state index contributed by atoms with van der Waals surface area (Å²) in [6.07, 6.45) is 5.04. The highest BCUT2D eigenvalue weighted by molar-refractivity contribution is 5.76. The highest BCUT2D eigenvalue weighted by Gasteiger charge is 2.35. The number of likely N-dealkylation sites (tertiary alicyclic amines) is 1. The van der Waals surface area contributed by atoms with Crippen LogP contribution in [0.25, 0.3) is 0 Å². The number of hydrogen-bond donors (Lipinski definition) is 2. The van der Waals surface area contributed by atoms with E-state index in [2.05, 4.69) is 22.2 Å². The Morgan fingerprint density at radius 2 is 1.91 bits per heavy atom. The van der Waals surface area contributed by atoms with Crippen LogP contribution in [-0.4, -0.2) is 96.8 Å². The molecule has 1 amide bonds. The Hall–Kier alpha value is -0.690. The molecule has 0 aromatic heterocycles. The number of likely N-dealkylation sites (N-methyl/N-ethyl adjacent to an activating group) is 1. The van der Waals surface area contributed by atoms with Gasteiger partial charge >= 0.3 is 0 Å². The molecular formula is C17H32N4O2. The number of aliphatic hydroxyl groups is 1. The summed E-state index contributed by atoms with van der Waals surface area (Å²) in [4.78, 5) is 19.0. The van der Waals surface area contributed by atoms with Crippen molar-refractivity contribution in [3.05, 3.63) is 0 Å². The molecule has 1 aliphatic carbocycles. The zero-order valence-electron chi connectivity index (χ0n) is 14.4. The van der Waals surface area contributed by atoms with Crippen molar-refractivity contribution < 1.29 is 9.90 Å². The van der Waals surface area contributed by atoms with Gasteiger partial charge in [0.05, 0.1) is 6.10 Å². The van der Waals surface area contributed by atoms with Crippen molar-refractivity contribution in [3.63, 3.8) is 0 Å². The second-order valence-electron chi connectivity index (χ2n) is 7.43. The Labute approximate surface area is 139 Å². The van der Waals surface area contributed by atoms with E-state index in [1.807, 2.05) is 4.90 Å². The Morgan fingerprint density at radius 1 is 1.13 bits per heavy atom. The molecule has 1 saturated carbocycles. The van der Waals surface area contributed by atoms with Gasteiger partial charge in [0.25, 0.3) is 0 Å². The fourth-order valence-corrected chi connectivity index (χ4v) is 4.26. The number of rotatable bonds is 5. The molecule has 0 bridgehead atoms. The van der Waals surface area contributed by atoms with Crippen molar-refractivity contribution in [2.45, 2.75) is 50.3 Å². The average Bonchev–Trinajstić information content (AvgIpc) is 3.16. The number of carbonyl (C=O) groups excluding carboxylic acids is 1. The summed E-state index contributed by atoms with van der Waals surface area (Å²) in [7, 11) is 2.11. The van der Waals surface area contributed by atoms with Crippen LogP contribution in [0.5, 0.6) is 0 Å². The van der Waals surface area contributed by atoms with Gasteiger partial charge in [-0.2, -0.15) is 0 Å². The monoisotopic (exact) mass is 324 g/mol. The Bertz CT molecular complexity index is 398. The molecule has 2 saturated heterocycles. The maximum atomic E-state index is 12.3. The molecular weight excluding hydrogens is 292 g/mol. The van der Waals surface area contributed by atoms with Crippen molar-refractivity contribution in [3.8, 4) is 0 Å². The fraction of sp³-hybridized carbons (Fsp3) is 0.941. The number of piperazine rings is 1. The topological polar surface area (TPSA) is 59.0 Å². The molecule has 3 aliphatic rings. The van der Waals surface area contributed by atoms with Gasteiger partial charge in [-0.15, -0.1) is 0 Å². The van der Waals surface area contributed by atoms with Crippen LogP contribution >= 0.6 is 0 Å². The number of nitrogens with zero attached hydrogens (tertiary/aromatic N) is 3. The van der Waals surface area contributed by atoms with Gasteiger partial charge < -0.3 is 20.2 Å². The van der Waals surface area contributed by atoms with E-state index in [0.717, 1.165) is 52.2 Å². The van der Waals surface area contributed by atoms with Crippen molar-refractivity contribution in [1.29, 1.82) is 0 Å². The first-order valence-electron chi connectivity index (χ1n) is 9.25. The van der Waals surface area contributed by atoms with Crippen LogP contribution in [0.4, 0.5) is 0 Å². The molecule has 1 unspecified atom stereocenters. The second-order valence-corrected chi connectivity index (χ2v) is 7.43. The van der Waals surface area contributed by atoms with Crippen LogP contribution in [0.3, 0.4) is 0 Å². The first-order chi connectivity index (χ1) is 11.1. The van der Waals surface area contributed by atoms with E-state index in [1.54, 1.807) is 0 Å². The lowest BCUT2D eigenvalue weighted by Gasteiger charge is -2.33. The van der Waals surface area contributed by atoms with Gasteiger partial charge in [-0.25, -0.2) is 0 Å². The maximum Gasteiger partial charge on any atom is 0.223 e. The van der Waals surface area contributed by atoms with Crippen molar-refractivity contribution in [1.82, 2.24) is 20.0 Å². The van der Waals surface area contributed by atoms with Gasteiger partial charge in [-0.1, -0.05) is 6.42 Å². The van der Waals surface area contributed by atoms with E-state index in [-0.39, 0.29) is 12.0 Å². The van der Waals surface area contributed by atoms with Gasteiger partial charge in [-0.3, -0.25) is 9.69 Å². The molecule has 3 atom stereocenters. The lowest BCUT2D eigenvalue weighted by molar-refractivity contribution is -0.132. The SMILES string of the molecule is CN1CCN(C(=O)CCN[C@@H]2CCC[C@@H]2N2CCC(O)C2)CC1. The third-order valence-electron chi connectivity index (χ3n) is 5.74. The van der Waals surface area contributed by atoms with Crippen LogP contribution in [0.1, 0.15) is 32.1 Å². The summed E-state index contributed by atoms with van der Waals surface area (Å²) >= 11 is 0. The molecule has 2 N–H and O–H groups in total. The molecule has 2 aliphatic heterocycles. The highest BCUT2D eigenvalue weighted by Crippen LogP contribution is 2.27. The first kappa shape index (κ1) is 17.1. The number of nitrogens with one attached hydrogen (secondary N) is 1. The molecule has 2 heterocycles. The number of hydrogen-bond acceptors (Lipinski definition) is 5. The molecule has 23 heavy (non-hydrogen) atoms. The molecule has 3 fully saturated rings. The molecule has 6 nitrogen and oxygen atoms in total. The van der Waals surface area contributed by atoms with Gasteiger partial charge in [0, 0.05) is 64.3 Å². The summed E-state index contributed by atoms with van der Waals surface area (Å²) in [5, 5.41) is 13.4. The van der Waals surface area contributed by atoms with Crippen LogP contribution in [0, 0.1) is 0 Å². The molecule has 132 valence electrons. The fourth-order valence-electron chi connectivity index (χ4n) is 4.26. The lowest BCUT2D eigenvalue weighted by atomic mass is 10.1. The minimum Gasteiger partial charge on any atom is -0.392 e. The highest BCUT2D eigenvalue weighted by atomic mass is 16.3. The third kappa shape index (κ3) is 4.44. The van der Waals surface area contributed by atoms with Gasteiger partial charge in [0.2, 0.25) is 5.91 Å². The molecule has 0 spiro atoms. The van der Waals surface area contributed by atoms with Gasteiger partial charge in [0.1, 0.15) is 0 Å². The van der Waals surface area contributed by atoms with Crippen LogP contribution in [0.15, 0.2) is 0 Å². The zero-order chi connectivity index (χ0) is 16.2. The zero-order valence-corrected chi connectivity index (χ0v) is 14.4. The van der Waals surface area contributed by atoms with E-state index in [4.69, 9.17) is 0 Å². The maximum absolute atomic E-state index is 12.3. The van der Waals surface area contributed by atoms with Crippen LogP contribution in [0.2, 0.25) is 0 Å². The normalized spacial score (nSPS) is 33.5. The number of amides is 1. The predicted molar refractivity (Wildman–Crippen MR) is 90.3 cm³/mol. The summed E-state index contributed by atoms with van der Waals surface area (Å²) < 4.78 is 0. The molecule has 3 rings (SSSR count). The standard InChI is InChI=1S/C17H32N4O2/c1-19-9-11-20(12-10-19)17(23)5-7-18-15-3-2-4-16(15)21-8-6-14(22)13-21/h14-16,18,22H,2-13H2,1H3/t14?,15-,16+/m1/s1. The van der Waals surface area contributed by atoms with E-state index < -0.39 is 0 Å². The summed E-state index contributed by atoms with van der Waals surface area (Å²) in [6.45, 7) is 6.33. The Morgan fingerprint density at radius 3 is 2.61 bits per heavy atom.